The summed E-state index contributed by atoms with van der Waals surface area (Å²) in [5.74, 6) is -0.581. The van der Waals surface area contributed by atoms with Gasteiger partial charge in [0.25, 0.3) is 5.91 Å². The van der Waals surface area contributed by atoms with Gasteiger partial charge in [-0.2, -0.15) is 0 Å². The third-order valence-corrected chi connectivity index (χ3v) is 3.98. The molecule has 1 amide bonds. The van der Waals surface area contributed by atoms with E-state index in [4.69, 9.17) is 4.74 Å². The van der Waals surface area contributed by atoms with Crippen LogP contribution < -0.4 is 0 Å². The monoisotopic (exact) mass is 334 g/mol. The van der Waals surface area contributed by atoms with Crippen molar-refractivity contribution in [3.63, 3.8) is 0 Å². The van der Waals surface area contributed by atoms with Gasteiger partial charge in [0.2, 0.25) is 0 Å². The summed E-state index contributed by atoms with van der Waals surface area (Å²) in [7, 11) is 2.90. The molecule has 0 saturated carbocycles. The molecule has 0 aliphatic carbocycles. The molecular formula is C16H18N2O4S. The predicted molar refractivity (Wildman–Crippen MR) is 86.5 cm³/mol. The van der Waals surface area contributed by atoms with E-state index in [2.05, 4.69) is 9.72 Å². The summed E-state index contributed by atoms with van der Waals surface area (Å²) in [5.41, 5.74) is 0.861. The maximum absolute atomic E-state index is 12.6. The smallest absolute Gasteiger partial charge is 0.357 e. The van der Waals surface area contributed by atoms with Crippen LogP contribution in [0.25, 0.3) is 0 Å². The zero-order valence-corrected chi connectivity index (χ0v) is 13.8. The number of hydrogen-bond donors (Lipinski definition) is 0. The fourth-order valence-corrected chi connectivity index (χ4v) is 2.74. The van der Waals surface area contributed by atoms with Crippen LogP contribution in [0.1, 0.15) is 25.9 Å². The Morgan fingerprint density at radius 1 is 1.22 bits per heavy atom. The van der Waals surface area contributed by atoms with Crippen molar-refractivity contribution < 1.29 is 19.1 Å². The molecule has 0 unspecified atom stereocenters. The van der Waals surface area contributed by atoms with E-state index in [1.807, 2.05) is 18.2 Å². The van der Waals surface area contributed by atoms with Crippen molar-refractivity contribution in [1.29, 1.82) is 0 Å². The second-order valence-corrected chi connectivity index (χ2v) is 5.65. The molecule has 1 aromatic heterocycles. The summed E-state index contributed by atoms with van der Waals surface area (Å²) in [6, 6.07) is 9.04. The van der Waals surface area contributed by atoms with Crippen LogP contribution in [0.15, 0.2) is 35.7 Å². The van der Waals surface area contributed by atoms with E-state index in [0.29, 0.717) is 30.3 Å². The van der Waals surface area contributed by atoms with Crippen LogP contribution in [-0.2, 0) is 16.0 Å². The molecule has 1 aromatic carbocycles. The molecule has 0 radical (unpaired) electrons. The van der Waals surface area contributed by atoms with E-state index >= 15 is 0 Å². The van der Waals surface area contributed by atoms with Crippen molar-refractivity contribution in [3.8, 4) is 0 Å². The van der Waals surface area contributed by atoms with Crippen LogP contribution in [-0.4, -0.2) is 49.1 Å². The summed E-state index contributed by atoms with van der Waals surface area (Å²) in [6.07, 6.45) is 0. The Bertz CT molecular complexity index is 657. The molecule has 23 heavy (non-hydrogen) atoms. The number of nitrogens with zero attached hydrogens (tertiary/aromatic N) is 2. The highest BCUT2D eigenvalue weighted by molar-refractivity contribution is 7.09. The van der Waals surface area contributed by atoms with Gasteiger partial charge >= 0.3 is 5.97 Å². The molecule has 0 saturated heterocycles. The first kappa shape index (κ1) is 17.1. The Labute approximate surface area is 138 Å². The van der Waals surface area contributed by atoms with Gasteiger partial charge in [0.1, 0.15) is 5.01 Å². The molecule has 0 aliphatic heterocycles. The maximum Gasteiger partial charge on any atom is 0.357 e. The Balaban J connectivity index is 2.13. The molecule has 0 aliphatic rings. The lowest BCUT2D eigenvalue weighted by Gasteiger charge is -2.21. The first-order valence-electron chi connectivity index (χ1n) is 7.01. The molecular weight excluding hydrogens is 316 g/mol. The number of thiazole rings is 1. The van der Waals surface area contributed by atoms with Crippen LogP contribution in [0.2, 0.25) is 0 Å². The van der Waals surface area contributed by atoms with E-state index < -0.39 is 5.97 Å². The topological polar surface area (TPSA) is 68.7 Å². The Kier molecular flexibility index (Phi) is 6.25. The summed E-state index contributed by atoms with van der Waals surface area (Å²) < 4.78 is 9.71. The van der Waals surface area contributed by atoms with Crippen molar-refractivity contribution >= 4 is 23.2 Å². The molecule has 0 fully saturated rings. The van der Waals surface area contributed by atoms with Crippen LogP contribution in [0.5, 0.6) is 0 Å². The van der Waals surface area contributed by atoms with E-state index in [0.717, 1.165) is 0 Å². The number of hydrogen-bond acceptors (Lipinski definition) is 6. The van der Waals surface area contributed by atoms with Gasteiger partial charge in [-0.1, -0.05) is 18.2 Å². The van der Waals surface area contributed by atoms with Gasteiger partial charge < -0.3 is 14.4 Å². The number of carbonyl (C=O) groups is 2. The van der Waals surface area contributed by atoms with Gasteiger partial charge in [0.05, 0.1) is 20.3 Å². The zero-order chi connectivity index (χ0) is 16.7. The summed E-state index contributed by atoms with van der Waals surface area (Å²) in [4.78, 5) is 29.9. The molecule has 0 bridgehead atoms. The van der Waals surface area contributed by atoms with Crippen LogP contribution >= 0.6 is 11.3 Å². The molecule has 0 atom stereocenters. The highest BCUT2D eigenvalue weighted by Crippen LogP contribution is 2.15. The molecule has 2 aromatic rings. The summed E-state index contributed by atoms with van der Waals surface area (Å²) in [6.45, 7) is 1.18. The number of aromatic nitrogens is 1. The SMILES string of the molecule is COCCN(Cc1nc(C(=O)OC)cs1)C(=O)c1ccccc1. The van der Waals surface area contributed by atoms with Gasteiger partial charge in [-0.05, 0) is 12.1 Å². The van der Waals surface area contributed by atoms with E-state index in [1.54, 1.807) is 29.5 Å². The number of rotatable bonds is 7. The number of amides is 1. The normalized spacial score (nSPS) is 10.3. The van der Waals surface area contributed by atoms with Crippen molar-refractivity contribution in [2.75, 3.05) is 27.4 Å². The Morgan fingerprint density at radius 3 is 2.61 bits per heavy atom. The average Bonchev–Trinajstić information content (AvgIpc) is 3.06. The largest absolute Gasteiger partial charge is 0.464 e. The van der Waals surface area contributed by atoms with E-state index in [-0.39, 0.29) is 11.6 Å². The lowest BCUT2D eigenvalue weighted by Crippen LogP contribution is -2.33. The van der Waals surface area contributed by atoms with E-state index in [9.17, 15) is 9.59 Å². The highest BCUT2D eigenvalue weighted by atomic mass is 32.1. The molecule has 7 heteroatoms. The summed E-state index contributed by atoms with van der Waals surface area (Å²) in [5, 5.41) is 2.30. The Morgan fingerprint density at radius 2 is 1.96 bits per heavy atom. The minimum Gasteiger partial charge on any atom is -0.464 e. The first-order chi connectivity index (χ1) is 11.2. The molecule has 0 spiro atoms. The van der Waals surface area contributed by atoms with Crippen molar-refractivity contribution in [2.45, 2.75) is 6.54 Å². The summed E-state index contributed by atoms with van der Waals surface area (Å²) >= 11 is 1.32. The van der Waals surface area contributed by atoms with Crippen LogP contribution in [0, 0.1) is 0 Å². The van der Waals surface area contributed by atoms with Crippen LogP contribution in [0.3, 0.4) is 0 Å². The quantitative estimate of drug-likeness (QED) is 0.726. The Hall–Kier alpha value is -2.25. The highest BCUT2D eigenvalue weighted by Gasteiger charge is 2.18. The number of methoxy groups -OCH3 is 2. The van der Waals surface area contributed by atoms with Crippen LogP contribution in [0.4, 0.5) is 0 Å². The lowest BCUT2D eigenvalue weighted by atomic mass is 10.2. The van der Waals surface area contributed by atoms with Gasteiger partial charge in [0.15, 0.2) is 5.69 Å². The van der Waals surface area contributed by atoms with Gasteiger partial charge in [0, 0.05) is 24.6 Å². The van der Waals surface area contributed by atoms with Gasteiger partial charge in [-0.3, -0.25) is 4.79 Å². The third kappa shape index (κ3) is 4.61. The number of esters is 1. The third-order valence-electron chi connectivity index (χ3n) is 3.15. The predicted octanol–water partition coefficient (Wildman–Crippen LogP) is 2.22. The maximum atomic E-state index is 12.6. The zero-order valence-electron chi connectivity index (χ0n) is 13.0. The minimum atomic E-state index is -0.481. The van der Waals surface area contributed by atoms with E-state index in [1.165, 1.54) is 18.4 Å². The number of benzene rings is 1. The molecule has 6 nitrogen and oxygen atoms in total. The minimum absolute atomic E-state index is 0.0996. The van der Waals surface area contributed by atoms with Crippen molar-refractivity contribution in [2.24, 2.45) is 0 Å². The van der Waals surface area contributed by atoms with Crippen molar-refractivity contribution in [3.05, 3.63) is 52.0 Å². The molecule has 0 N–H and O–H groups in total. The molecule has 122 valence electrons. The first-order valence-corrected chi connectivity index (χ1v) is 7.89. The average molecular weight is 334 g/mol. The van der Waals surface area contributed by atoms with Gasteiger partial charge in [-0.15, -0.1) is 11.3 Å². The second-order valence-electron chi connectivity index (χ2n) is 4.70. The molecule has 1 heterocycles. The van der Waals surface area contributed by atoms with Crippen molar-refractivity contribution in [1.82, 2.24) is 9.88 Å². The van der Waals surface area contributed by atoms with Gasteiger partial charge in [-0.25, -0.2) is 9.78 Å². The lowest BCUT2D eigenvalue weighted by molar-refractivity contribution is 0.0594. The number of ether oxygens (including phenoxy) is 2. The molecule has 2 rings (SSSR count). The number of carbonyl (C=O) groups excluding carboxylic acids is 2. The second kappa shape index (κ2) is 8.40. The fourth-order valence-electron chi connectivity index (χ4n) is 1.96. The fraction of sp³-hybridized carbons (Fsp3) is 0.312. The standard InChI is InChI=1S/C16H18N2O4S/c1-21-9-8-18(15(19)12-6-4-3-5-7-12)10-14-17-13(11-23-14)16(20)22-2/h3-7,11H,8-10H2,1-2H3.